The molecular weight excluding hydrogens is 422 g/mol. The summed E-state index contributed by atoms with van der Waals surface area (Å²) in [7, 11) is -4.08. The van der Waals surface area contributed by atoms with E-state index in [0.29, 0.717) is 10.6 Å². The Hall–Kier alpha value is -2.97. The second-order valence-corrected chi connectivity index (χ2v) is 8.21. The summed E-state index contributed by atoms with van der Waals surface area (Å²) in [5, 5.41) is 2.71. The first-order valence-electron chi connectivity index (χ1n) is 8.32. The summed E-state index contributed by atoms with van der Waals surface area (Å²) in [5.74, 6) is -2.11. The first-order valence-corrected chi connectivity index (χ1v) is 10.2. The predicted octanol–water partition coefficient (Wildman–Crippen LogP) is 4.98. The second-order valence-electron chi connectivity index (χ2n) is 6.12. The smallest absolute Gasteiger partial charge is 0.262 e. The summed E-state index contributed by atoms with van der Waals surface area (Å²) in [5.41, 5.74) is 0.714. The summed E-state index contributed by atoms with van der Waals surface area (Å²) >= 11 is 5.99. The fourth-order valence-corrected chi connectivity index (χ4v) is 3.79. The van der Waals surface area contributed by atoms with Crippen LogP contribution in [0.1, 0.15) is 15.9 Å². The van der Waals surface area contributed by atoms with E-state index in [1.54, 1.807) is 19.1 Å². The minimum atomic E-state index is -4.08. The predicted molar refractivity (Wildman–Crippen MR) is 108 cm³/mol. The maximum atomic E-state index is 14.4. The van der Waals surface area contributed by atoms with Crippen LogP contribution in [0.25, 0.3) is 0 Å². The summed E-state index contributed by atoms with van der Waals surface area (Å²) < 4.78 is 54.8. The molecule has 0 fully saturated rings. The molecule has 3 aromatic carbocycles. The fraction of sp³-hybridized carbons (Fsp3) is 0.0500. The number of carbonyl (C=O) groups is 1. The third-order valence-corrected chi connectivity index (χ3v) is 5.89. The Morgan fingerprint density at radius 3 is 2.31 bits per heavy atom. The molecule has 0 saturated heterocycles. The van der Waals surface area contributed by atoms with Gasteiger partial charge in [-0.3, -0.25) is 9.52 Å². The number of halogens is 3. The van der Waals surface area contributed by atoms with Crippen molar-refractivity contribution in [1.29, 1.82) is 0 Å². The van der Waals surface area contributed by atoms with Crippen LogP contribution in [-0.4, -0.2) is 14.3 Å². The molecule has 3 rings (SSSR count). The molecule has 0 aliphatic carbocycles. The SMILES string of the molecule is Cc1c(Cl)cccc1NS(=O)(=O)c1ccc(NC(=O)c2ccc(F)cc2)c(F)c1. The van der Waals surface area contributed by atoms with E-state index in [4.69, 9.17) is 11.6 Å². The summed E-state index contributed by atoms with van der Waals surface area (Å²) in [6, 6.07) is 12.5. The summed E-state index contributed by atoms with van der Waals surface area (Å²) in [4.78, 5) is 11.8. The Morgan fingerprint density at radius 2 is 1.66 bits per heavy atom. The van der Waals surface area contributed by atoms with Gasteiger partial charge >= 0.3 is 0 Å². The maximum Gasteiger partial charge on any atom is 0.262 e. The molecule has 1 amide bonds. The minimum Gasteiger partial charge on any atom is -0.319 e. The van der Waals surface area contributed by atoms with Gasteiger partial charge in [0, 0.05) is 10.6 Å². The highest BCUT2D eigenvalue weighted by Crippen LogP contribution is 2.26. The van der Waals surface area contributed by atoms with Crippen LogP contribution in [0.3, 0.4) is 0 Å². The van der Waals surface area contributed by atoms with Crippen molar-refractivity contribution < 1.29 is 22.0 Å². The third-order valence-electron chi connectivity index (χ3n) is 4.12. The number of anilines is 2. The summed E-state index contributed by atoms with van der Waals surface area (Å²) in [6.45, 7) is 1.65. The molecule has 3 aromatic rings. The highest BCUT2D eigenvalue weighted by Gasteiger charge is 2.19. The molecule has 150 valence electrons. The number of benzene rings is 3. The molecular formula is C20H15ClF2N2O3S. The second kappa shape index (κ2) is 8.18. The van der Waals surface area contributed by atoms with Crippen LogP contribution >= 0.6 is 11.6 Å². The van der Waals surface area contributed by atoms with Gasteiger partial charge in [0.25, 0.3) is 15.9 Å². The molecule has 9 heteroatoms. The van der Waals surface area contributed by atoms with E-state index >= 15 is 0 Å². The highest BCUT2D eigenvalue weighted by atomic mass is 35.5. The zero-order valence-corrected chi connectivity index (χ0v) is 16.6. The molecule has 0 atom stereocenters. The molecule has 29 heavy (non-hydrogen) atoms. The van der Waals surface area contributed by atoms with E-state index in [1.165, 1.54) is 18.2 Å². The van der Waals surface area contributed by atoms with Crippen LogP contribution < -0.4 is 10.0 Å². The highest BCUT2D eigenvalue weighted by molar-refractivity contribution is 7.92. The Balaban J connectivity index is 1.82. The molecule has 0 aliphatic heterocycles. The molecule has 0 heterocycles. The van der Waals surface area contributed by atoms with Crippen molar-refractivity contribution in [1.82, 2.24) is 0 Å². The van der Waals surface area contributed by atoms with Gasteiger partial charge in [-0.05, 0) is 67.1 Å². The van der Waals surface area contributed by atoms with Gasteiger partial charge in [-0.1, -0.05) is 17.7 Å². The van der Waals surface area contributed by atoms with Gasteiger partial charge in [0.1, 0.15) is 11.6 Å². The average molecular weight is 437 g/mol. The van der Waals surface area contributed by atoms with E-state index in [2.05, 4.69) is 10.0 Å². The van der Waals surface area contributed by atoms with Gasteiger partial charge in [-0.25, -0.2) is 17.2 Å². The zero-order valence-electron chi connectivity index (χ0n) is 15.0. The molecule has 0 radical (unpaired) electrons. The molecule has 0 aliphatic rings. The number of rotatable bonds is 5. The van der Waals surface area contributed by atoms with Crippen molar-refractivity contribution in [3.63, 3.8) is 0 Å². The molecule has 0 saturated carbocycles. The number of nitrogens with one attached hydrogen (secondary N) is 2. The van der Waals surface area contributed by atoms with Gasteiger partial charge in [0.2, 0.25) is 0 Å². The number of hydrogen-bond acceptors (Lipinski definition) is 3. The van der Waals surface area contributed by atoms with E-state index in [1.807, 2.05) is 0 Å². The fourth-order valence-electron chi connectivity index (χ4n) is 2.48. The quantitative estimate of drug-likeness (QED) is 0.592. The van der Waals surface area contributed by atoms with Crippen molar-refractivity contribution in [3.05, 3.63) is 88.4 Å². The third kappa shape index (κ3) is 4.72. The van der Waals surface area contributed by atoms with Crippen LogP contribution in [0.15, 0.2) is 65.6 Å². The maximum absolute atomic E-state index is 14.4. The van der Waals surface area contributed by atoms with Gasteiger partial charge in [0.15, 0.2) is 0 Å². The van der Waals surface area contributed by atoms with Gasteiger partial charge in [-0.2, -0.15) is 0 Å². The van der Waals surface area contributed by atoms with Crippen LogP contribution in [0.4, 0.5) is 20.2 Å². The Morgan fingerprint density at radius 1 is 0.966 bits per heavy atom. The Kier molecular flexibility index (Phi) is 5.86. The van der Waals surface area contributed by atoms with Crippen molar-refractivity contribution >= 4 is 38.9 Å². The zero-order chi connectivity index (χ0) is 21.2. The van der Waals surface area contributed by atoms with E-state index in [9.17, 15) is 22.0 Å². The lowest BCUT2D eigenvalue weighted by Crippen LogP contribution is -2.16. The lowest BCUT2D eigenvalue weighted by atomic mass is 10.2. The molecule has 0 unspecified atom stereocenters. The van der Waals surface area contributed by atoms with E-state index < -0.39 is 27.6 Å². The van der Waals surface area contributed by atoms with Crippen molar-refractivity contribution in [2.75, 3.05) is 10.0 Å². The van der Waals surface area contributed by atoms with Gasteiger partial charge in [0.05, 0.1) is 16.3 Å². The number of carbonyl (C=O) groups excluding carboxylic acids is 1. The largest absolute Gasteiger partial charge is 0.319 e. The van der Waals surface area contributed by atoms with Crippen LogP contribution in [-0.2, 0) is 10.0 Å². The normalized spacial score (nSPS) is 11.2. The molecule has 5 nitrogen and oxygen atoms in total. The van der Waals surface area contributed by atoms with Crippen LogP contribution in [0.2, 0.25) is 5.02 Å². The number of hydrogen-bond donors (Lipinski definition) is 2. The van der Waals surface area contributed by atoms with Gasteiger partial charge in [-0.15, -0.1) is 0 Å². The molecule has 0 spiro atoms. The number of amides is 1. The Labute approximate surface area is 171 Å². The molecule has 0 aromatic heterocycles. The van der Waals surface area contributed by atoms with Crippen molar-refractivity contribution in [2.24, 2.45) is 0 Å². The van der Waals surface area contributed by atoms with Crippen molar-refractivity contribution in [2.45, 2.75) is 11.8 Å². The lowest BCUT2D eigenvalue weighted by Gasteiger charge is -2.13. The van der Waals surface area contributed by atoms with Crippen LogP contribution in [0, 0.1) is 18.6 Å². The minimum absolute atomic E-state index is 0.126. The standard InChI is InChI=1S/C20H15ClF2N2O3S/c1-12-16(21)3-2-4-18(12)25-29(27,28)15-9-10-19(17(23)11-15)24-20(26)13-5-7-14(22)8-6-13/h2-11,25H,1H3,(H,24,26). The molecule has 2 N–H and O–H groups in total. The first-order chi connectivity index (χ1) is 13.7. The Bertz CT molecular complexity index is 1180. The van der Waals surface area contributed by atoms with Crippen molar-refractivity contribution in [3.8, 4) is 0 Å². The van der Waals surface area contributed by atoms with E-state index in [-0.39, 0.29) is 21.8 Å². The topological polar surface area (TPSA) is 75.3 Å². The van der Waals surface area contributed by atoms with E-state index in [0.717, 1.165) is 30.3 Å². The van der Waals surface area contributed by atoms with Gasteiger partial charge < -0.3 is 5.32 Å². The van der Waals surface area contributed by atoms with Crippen LogP contribution in [0.5, 0.6) is 0 Å². The molecule has 0 bridgehead atoms. The summed E-state index contributed by atoms with van der Waals surface area (Å²) in [6.07, 6.45) is 0. The monoisotopic (exact) mass is 436 g/mol. The number of sulfonamides is 1. The first kappa shape index (κ1) is 20.8. The average Bonchev–Trinajstić information content (AvgIpc) is 2.67. The lowest BCUT2D eigenvalue weighted by molar-refractivity contribution is 0.102.